The van der Waals surface area contributed by atoms with Crippen molar-refractivity contribution in [2.24, 2.45) is 11.8 Å². The Morgan fingerprint density at radius 1 is 0.902 bits per heavy atom. The van der Waals surface area contributed by atoms with E-state index in [0.717, 1.165) is 43.4 Å². The number of carbonyl (C=O) groups excluding carboxylic acids is 2. The van der Waals surface area contributed by atoms with Crippen molar-refractivity contribution in [3.05, 3.63) is 59.7 Å². The third-order valence-electron chi connectivity index (χ3n) is 8.47. The standard InChI is InChI=1S/C31H41N3O6S/c1-41(39,40)28-9-5-8-26(20-28)33-31(38)34(27-16-14-24(15-17-27)23-6-3-2-4-7-23)21-22-10-12-25(13-11-22)30(37)32-19-18-29(35)36/h5,8-13,20,23-24,27H,2-4,6-7,14-19,21H2,1H3,(H,32,37)(H,33,38)(H,35,36). The summed E-state index contributed by atoms with van der Waals surface area (Å²) in [4.78, 5) is 38.7. The highest BCUT2D eigenvalue weighted by atomic mass is 32.2. The summed E-state index contributed by atoms with van der Waals surface area (Å²) in [6.07, 6.45) is 11.6. The van der Waals surface area contributed by atoms with Crippen molar-refractivity contribution in [3.63, 3.8) is 0 Å². The number of carboxylic acid groups (broad SMARTS) is 1. The lowest BCUT2D eigenvalue weighted by Gasteiger charge is -2.40. The topological polar surface area (TPSA) is 133 Å². The Hall–Kier alpha value is -3.40. The maximum absolute atomic E-state index is 13.7. The number of hydrogen-bond acceptors (Lipinski definition) is 5. The highest BCUT2D eigenvalue weighted by Crippen LogP contribution is 2.39. The largest absolute Gasteiger partial charge is 0.481 e. The Morgan fingerprint density at radius 2 is 1.56 bits per heavy atom. The third-order valence-corrected chi connectivity index (χ3v) is 9.58. The van der Waals surface area contributed by atoms with Crippen molar-refractivity contribution >= 4 is 33.4 Å². The van der Waals surface area contributed by atoms with Gasteiger partial charge in [0.25, 0.3) is 5.91 Å². The molecule has 0 spiro atoms. The van der Waals surface area contributed by atoms with Crippen LogP contribution in [0.2, 0.25) is 0 Å². The number of amides is 3. The van der Waals surface area contributed by atoms with Crippen molar-refractivity contribution in [1.29, 1.82) is 0 Å². The van der Waals surface area contributed by atoms with Gasteiger partial charge in [0.2, 0.25) is 0 Å². The van der Waals surface area contributed by atoms with Crippen LogP contribution < -0.4 is 10.6 Å². The van der Waals surface area contributed by atoms with Crippen molar-refractivity contribution in [2.75, 3.05) is 18.1 Å². The van der Waals surface area contributed by atoms with E-state index in [9.17, 15) is 22.8 Å². The number of rotatable bonds is 10. The minimum absolute atomic E-state index is 0.0481. The first-order valence-corrected chi connectivity index (χ1v) is 16.5. The Bertz CT molecular complexity index is 1310. The lowest BCUT2D eigenvalue weighted by Crippen LogP contribution is -2.44. The number of carboxylic acids is 1. The number of urea groups is 1. The van der Waals surface area contributed by atoms with Gasteiger partial charge in [0, 0.05) is 36.6 Å². The fourth-order valence-corrected chi connectivity index (χ4v) is 6.87. The number of benzene rings is 2. The average molecular weight is 584 g/mol. The van der Waals surface area contributed by atoms with Gasteiger partial charge in [0.05, 0.1) is 11.3 Å². The molecule has 2 fully saturated rings. The van der Waals surface area contributed by atoms with Gasteiger partial charge in [-0.05, 0) is 73.4 Å². The van der Waals surface area contributed by atoms with Gasteiger partial charge >= 0.3 is 12.0 Å². The Kier molecular flexibility index (Phi) is 10.4. The van der Waals surface area contributed by atoms with Crippen LogP contribution >= 0.6 is 0 Å². The molecule has 2 saturated carbocycles. The zero-order valence-corrected chi connectivity index (χ0v) is 24.5. The first-order chi connectivity index (χ1) is 19.6. The second-order valence-corrected chi connectivity index (χ2v) is 13.4. The Morgan fingerprint density at radius 3 is 2.20 bits per heavy atom. The molecule has 0 aromatic heterocycles. The van der Waals surface area contributed by atoms with Crippen LogP contribution in [0.5, 0.6) is 0 Å². The molecule has 0 saturated heterocycles. The number of nitrogens with one attached hydrogen (secondary N) is 2. The van der Waals surface area contributed by atoms with Crippen molar-refractivity contribution in [1.82, 2.24) is 10.2 Å². The number of anilines is 1. The van der Waals surface area contributed by atoms with Gasteiger partial charge in [0.1, 0.15) is 0 Å². The van der Waals surface area contributed by atoms with E-state index >= 15 is 0 Å². The molecule has 9 nitrogen and oxygen atoms in total. The monoisotopic (exact) mass is 583 g/mol. The number of nitrogens with zero attached hydrogens (tertiary/aromatic N) is 1. The molecule has 0 unspecified atom stereocenters. The average Bonchev–Trinajstić information content (AvgIpc) is 2.96. The van der Waals surface area contributed by atoms with E-state index in [2.05, 4.69) is 10.6 Å². The molecule has 0 heterocycles. The fourth-order valence-electron chi connectivity index (χ4n) is 6.20. The zero-order chi connectivity index (χ0) is 29.4. The fraction of sp³-hybridized carbons (Fsp3) is 0.516. The number of aliphatic carboxylic acids is 1. The molecule has 2 aliphatic carbocycles. The summed E-state index contributed by atoms with van der Waals surface area (Å²) in [5.41, 5.74) is 1.70. The van der Waals surface area contributed by atoms with E-state index in [1.807, 2.05) is 17.0 Å². The molecule has 41 heavy (non-hydrogen) atoms. The van der Waals surface area contributed by atoms with Crippen molar-refractivity contribution in [3.8, 4) is 0 Å². The van der Waals surface area contributed by atoms with E-state index in [1.165, 1.54) is 44.2 Å². The minimum Gasteiger partial charge on any atom is -0.481 e. The highest BCUT2D eigenvalue weighted by molar-refractivity contribution is 7.90. The van der Waals surface area contributed by atoms with E-state index in [4.69, 9.17) is 5.11 Å². The lowest BCUT2D eigenvalue weighted by molar-refractivity contribution is -0.136. The summed E-state index contributed by atoms with van der Waals surface area (Å²) in [7, 11) is -3.42. The molecule has 2 aromatic carbocycles. The van der Waals surface area contributed by atoms with Crippen LogP contribution in [0.15, 0.2) is 53.4 Å². The summed E-state index contributed by atoms with van der Waals surface area (Å²) >= 11 is 0. The summed E-state index contributed by atoms with van der Waals surface area (Å²) in [6.45, 7) is 0.394. The summed E-state index contributed by atoms with van der Waals surface area (Å²) in [6, 6.07) is 13.0. The van der Waals surface area contributed by atoms with Crippen LogP contribution in [0, 0.1) is 11.8 Å². The van der Waals surface area contributed by atoms with Crippen LogP contribution in [0.25, 0.3) is 0 Å². The van der Waals surface area contributed by atoms with Crippen LogP contribution in [0.3, 0.4) is 0 Å². The van der Waals surface area contributed by atoms with E-state index < -0.39 is 15.8 Å². The molecule has 2 aliphatic rings. The van der Waals surface area contributed by atoms with Gasteiger partial charge in [-0.15, -0.1) is 0 Å². The molecule has 0 aliphatic heterocycles. The third kappa shape index (κ3) is 8.79. The van der Waals surface area contributed by atoms with Gasteiger partial charge in [-0.2, -0.15) is 0 Å². The first kappa shape index (κ1) is 30.6. The number of hydrogen-bond donors (Lipinski definition) is 3. The normalized spacial score (nSPS) is 19.7. The molecular formula is C31H41N3O6S. The number of carbonyl (C=O) groups is 3. The smallest absolute Gasteiger partial charge is 0.322 e. The minimum atomic E-state index is -3.42. The van der Waals surface area contributed by atoms with Crippen LogP contribution in [0.1, 0.15) is 80.1 Å². The van der Waals surface area contributed by atoms with Gasteiger partial charge in [0.15, 0.2) is 9.84 Å². The molecule has 3 N–H and O–H groups in total. The summed E-state index contributed by atoms with van der Waals surface area (Å²) in [5, 5.41) is 14.3. The molecule has 222 valence electrons. The van der Waals surface area contributed by atoms with E-state index in [0.29, 0.717) is 23.7 Å². The SMILES string of the molecule is CS(=O)(=O)c1cccc(NC(=O)N(Cc2ccc(C(=O)NCCC(=O)O)cc2)C2CCC(C3CCCCC3)CC2)c1. The predicted octanol–water partition coefficient (Wildman–Crippen LogP) is 5.47. The molecule has 0 atom stereocenters. The predicted molar refractivity (Wildman–Crippen MR) is 157 cm³/mol. The molecule has 4 rings (SSSR count). The Labute approximate surface area is 242 Å². The molecule has 2 aromatic rings. The van der Waals surface area contributed by atoms with Gasteiger partial charge in [-0.25, -0.2) is 13.2 Å². The maximum atomic E-state index is 13.7. The summed E-state index contributed by atoms with van der Waals surface area (Å²) in [5.74, 6) is 0.177. The molecule has 3 amide bonds. The van der Waals surface area contributed by atoms with Crippen LogP contribution in [-0.2, 0) is 21.2 Å². The van der Waals surface area contributed by atoms with E-state index in [-0.39, 0.29) is 35.8 Å². The van der Waals surface area contributed by atoms with Crippen molar-refractivity contribution in [2.45, 2.75) is 81.7 Å². The quantitative estimate of drug-likeness (QED) is 0.340. The molecule has 0 radical (unpaired) electrons. The molecule has 10 heteroatoms. The summed E-state index contributed by atoms with van der Waals surface area (Å²) < 4.78 is 24.1. The van der Waals surface area contributed by atoms with E-state index in [1.54, 1.807) is 24.3 Å². The van der Waals surface area contributed by atoms with Crippen LogP contribution in [0.4, 0.5) is 10.5 Å². The molecule has 0 bridgehead atoms. The van der Waals surface area contributed by atoms with Crippen LogP contribution in [-0.4, -0.2) is 55.2 Å². The maximum Gasteiger partial charge on any atom is 0.322 e. The first-order valence-electron chi connectivity index (χ1n) is 14.6. The van der Waals surface area contributed by atoms with Gasteiger partial charge < -0.3 is 20.6 Å². The van der Waals surface area contributed by atoms with Gasteiger partial charge in [-0.1, -0.05) is 50.3 Å². The Balaban J connectivity index is 1.47. The van der Waals surface area contributed by atoms with Gasteiger partial charge in [-0.3, -0.25) is 9.59 Å². The second-order valence-electron chi connectivity index (χ2n) is 11.4. The zero-order valence-electron chi connectivity index (χ0n) is 23.7. The van der Waals surface area contributed by atoms with Crippen molar-refractivity contribution < 1.29 is 27.9 Å². The second kappa shape index (κ2) is 14.0. The lowest BCUT2D eigenvalue weighted by atomic mass is 9.72. The number of sulfone groups is 1. The highest BCUT2D eigenvalue weighted by Gasteiger charge is 2.33. The molecular weight excluding hydrogens is 542 g/mol.